The number of carbonyl (C=O) groups excluding carboxylic acids is 1. The monoisotopic (exact) mass is 334 g/mol. The van der Waals surface area contributed by atoms with Crippen molar-refractivity contribution in [1.29, 1.82) is 0 Å². The van der Waals surface area contributed by atoms with Gasteiger partial charge in [0.1, 0.15) is 11.3 Å². The van der Waals surface area contributed by atoms with Crippen LogP contribution in [0.25, 0.3) is 22.6 Å². The van der Waals surface area contributed by atoms with Gasteiger partial charge in [0.25, 0.3) is 5.91 Å². The van der Waals surface area contributed by atoms with E-state index < -0.39 is 0 Å². The summed E-state index contributed by atoms with van der Waals surface area (Å²) in [7, 11) is 1.61. The van der Waals surface area contributed by atoms with Gasteiger partial charge < -0.3 is 18.9 Å². The number of ether oxygens (including phenoxy) is 1. The zero-order valence-electron chi connectivity index (χ0n) is 13.4. The van der Waals surface area contributed by atoms with Crippen molar-refractivity contribution >= 4 is 22.7 Å². The molecule has 0 radical (unpaired) electrons. The summed E-state index contributed by atoms with van der Waals surface area (Å²) in [5.41, 5.74) is 2.71. The number of aromatic nitrogens is 1. The van der Waals surface area contributed by atoms with E-state index in [9.17, 15) is 4.79 Å². The second-order valence-corrected chi connectivity index (χ2v) is 5.36. The minimum Gasteiger partial charge on any atom is -0.497 e. The molecule has 0 atom stereocenters. The van der Waals surface area contributed by atoms with Crippen LogP contribution in [0.1, 0.15) is 10.6 Å². The van der Waals surface area contributed by atoms with Crippen LogP contribution in [0.4, 0.5) is 5.69 Å². The highest BCUT2D eigenvalue weighted by atomic mass is 16.5. The highest BCUT2D eigenvalue weighted by Gasteiger charge is 2.12. The number of benzene rings is 2. The Kier molecular flexibility index (Phi) is 3.70. The molecule has 0 aliphatic carbocycles. The Morgan fingerprint density at radius 1 is 1.12 bits per heavy atom. The lowest BCUT2D eigenvalue weighted by Gasteiger charge is -2.01. The number of hydrogen-bond acceptors (Lipinski definition) is 5. The number of methoxy groups -OCH3 is 1. The number of nitrogens with one attached hydrogen (secondary N) is 1. The summed E-state index contributed by atoms with van der Waals surface area (Å²) < 4.78 is 16.1. The first-order chi connectivity index (χ1) is 12.2. The molecule has 0 unspecified atom stereocenters. The maximum absolute atomic E-state index is 12.0. The van der Waals surface area contributed by atoms with E-state index in [0.29, 0.717) is 22.7 Å². The molecule has 0 aliphatic rings. The number of furan rings is 1. The lowest BCUT2D eigenvalue weighted by atomic mass is 10.2. The van der Waals surface area contributed by atoms with Crippen LogP contribution in [0.5, 0.6) is 5.75 Å². The lowest BCUT2D eigenvalue weighted by molar-refractivity contribution is 0.0996. The molecule has 1 amide bonds. The molecule has 0 saturated carbocycles. The summed E-state index contributed by atoms with van der Waals surface area (Å²) in [4.78, 5) is 16.5. The number of nitrogens with zero attached hydrogens (tertiary/aromatic N) is 1. The highest BCUT2D eigenvalue weighted by molar-refractivity contribution is 6.03. The number of amides is 1. The van der Waals surface area contributed by atoms with E-state index in [1.807, 2.05) is 24.3 Å². The smallest absolute Gasteiger partial charge is 0.291 e. The lowest BCUT2D eigenvalue weighted by Crippen LogP contribution is -2.10. The van der Waals surface area contributed by atoms with E-state index in [1.54, 1.807) is 37.4 Å². The largest absolute Gasteiger partial charge is 0.497 e. The number of oxazole rings is 1. The molecule has 25 heavy (non-hydrogen) atoms. The summed E-state index contributed by atoms with van der Waals surface area (Å²) in [6.07, 6.45) is 1.45. The fraction of sp³-hybridized carbons (Fsp3) is 0.0526. The minimum atomic E-state index is -0.319. The van der Waals surface area contributed by atoms with Crippen LogP contribution in [0.3, 0.4) is 0 Å². The van der Waals surface area contributed by atoms with Gasteiger partial charge in [0.2, 0.25) is 5.89 Å². The highest BCUT2D eigenvalue weighted by Crippen LogP contribution is 2.28. The summed E-state index contributed by atoms with van der Waals surface area (Å²) in [5, 5.41) is 2.77. The number of rotatable bonds is 4. The maximum Gasteiger partial charge on any atom is 0.291 e. The zero-order valence-corrected chi connectivity index (χ0v) is 13.4. The molecule has 2 aromatic heterocycles. The first-order valence-corrected chi connectivity index (χ1v) is 7.63. The Morgan fingerprint density at radius 2 is 2.04 bits per heavy atom. The Labute approximate surface area is 143 Å². The summed E-state index contributed by atoms with van der Waals surface area (Å²) in [6.45, 7) is 0. The van der Waals surface area contributed by atoms with Crippen LogP contribution in [-0.2, 0) is 0 Å². The van der Waals surface area contributed by atoms with Gasteiger partial charge in [-0.3, -0.25) is 4.79 Å². The normalized spacial score (nSPS) is 10.8. The summed E-state index contributed by atoms with van der Waals surface area (Å²) in [5.74, 6) is 1.15. The van der Waals surface area contributed by atoms with Crippen LogP contribution >= 0.6 is 0 Å². The fourth-order valence-electron chi connectivity index (χ4n) is 2.49. The summed E-state index contributed by atoms with van der Waals surface area (Å²) >= 11 is 0. The van der Waals surface area contributed by atoms with Gasteiger partial charge in [0.15, 0.2) is 11.3 Å². The van der Waals surface area contributed by atoms with Crippen LogP contribution in [-0.4, -0.2) is 18.0 Å². The van der Waals surface area contributed by atoms with Gasteiger partial charge in [0.05, 0.1) is 13.4 Å². The van der Waals surface area contributed by atoms with Crippen molar-refractivity contribution in [3.05, 3.63) is 66.6 Å². The quantitative estimate of drug-likeness (QED) is 0.600. The Bertz CT molecular complexity index is 1030. The number of fused-ring (bicyclic) bond motifs is 1. The van der Waals surface area contributed by atoms with Crippen LogP contribution in [0.15, 0.2) is 69.7 Å². The molecule has 4 aromatic rings. The molecule has 0 fully saturated rings. The van der Waals surface area contributed by atoms with E-state index in [2.05, 4.69) is 10.3 Å². The maximum atomic E-state index is 12.0. The predicted octanol–water partition coefficient (Wildman–Crippen LogP) is 4.35. The topological polar surface area (TPSA) is 77.5 Å². The van der Waals surface area contributed by atoms with E-state index in [4.69, 9.17) is 13.6 Å². The average Bonchev–Trinajstić information content (AvgIpc) is 3.31. The third kappa shape index (κ3) is 2.97. The number of carbonyl (C=O) groups is 1. The number of anilines is 1. The van der Waals surface area contributed by atoms with Crippen molar-refractivity contribution in [2.24, 2.45) is 0 Å². The van der Waals surface area contributed by atoms with Gasteiger partial charge in [-0.1, -0.05) is 6.07 Å². The molecular weight excluding hydrogens is 320 g/mol. The Balaban J connectivity index is 1.64. The number of hydrogen-bond donors (Lipinski definition) is 1. The average molecular weight is 334 g/mol. The molecule has 4 rings (SSSR count). The van der Waals surface area contributed by atoms with Gasteiger partial charge in [-0.25, -0.2) is 4.98 Å². The fourth-order valence-corrected chi connectivity index (χ4v) is 2.49. The van der Waals surface area contributed by atoms with E-state index >= 15 is 0 Å². The SMILES string of the molecule is COc1cccc(-c2nc3cc(NC(=O)c4ccco4)ccc3o2)c1. The third-order valence-corrected chi connectivity index (χ3v) is 3.71. The standard InChI is InChI=1S/C19H14N2O4/c1-23-14-5-2-4-12(10-14)19-21-15-11-13(7-8-16(15)25-19)20-18(22)17-6-3-9-24-17/h2-11H,1H3,(H,20,22). The van der Waals surface area contributed by atoms with Crippen molar-refractivity contribution in [2.45, 2.75) is 0 Å². The molecule has 0 bridgehead atoms. The first kappa shape index (κ1) is 15.0. The molecule has 6 heteroatoms. The van der Waals surface area contributed by atoms with Crippen molar-refractivity contribution in [3.8, 4) is 17.2 Å². The molecule has 0 aliphatic heterocycles. The van der Waals surface area contributed by atoms with Gasteiger partial charge in [0, 0.05) is 11.3 Å². The van der Waals surface area contributed by atoms with Gasteiger partial charge in [-0.05, 0) is 48.5 Å². The molecular formula is C19H14N2O4. The summed E-state index contributed by atoms with van der Waals surface area (Å²) in [6, 6.07) is 16.0. The second-order valence-electron chi connectivity index (χ2n) is 5.36. The van der Waals surface area contributed by atoms with Crippen molar-refractivity contribution in [1.82, 2.24) is 4.98 Å². The van der Waals surface area contributed by atoms with Crippen LogP contribution < -0.4 is 10.1 Å². The van der Waals surface area contributed by atoms with Gasteiger partial charge in [-0.15, -0.1) is 0 Å². The Morgan fingerprint density at radius 3 is 2.84 bits per heavy atom. The van der Waals surface area contributed by atoms with E-state index in [1.165, 1.54) is 6.26 Å². The molecule has 0 saturated heterocycles. The van der Waals surface area contributed by atoms with Crippen molar-refractivity contribution in [3.63, 3.8) is 0 Å². The van der Waals surface area contributed by atoms with Crippen LogP contribution in [0, 0.1) is 0 Å². The van der Waals surface area contributed by atoms with E-state index in [-0.39, 0.29) is 11.7 Å². The molecule has 2 aromatic carbocycles. The van der Waals surface area contributed by atoms with Gasteiger partial charge >= 0.3 is 0 Å². The molecule has 0 spiro atoms. The van der Waals surface area contributed by atoms with Crippen molar-refractivity contribution < 1.29 is 18.4 Å². The molecule has 2 heterocycles. The van der Waals surface area contributed by atoms with Crippen LogP contribution in [0.2, 0.25) is 0 Å². The Hall–Kier alpha value is -3.54. The van der Waals surface area contributed by atoms with E-state index in [0.717, 1.165) is 11.3 Å². The first-order valence-electron chi connectivity index (χ1n) is 7.63. The molecule has 1 N–H and O–H groups in total. The molecule has 6 nitrogen and oxygen atoms in total. The predicted molar refractivity (Wildman–Crippen MR) is 92.7 cm³/mol. The third-order valence-electron chi connectivity index (χ3n) is 3.71. The minimum absolute atomic E-state index is 0.248. The van der Waals surface area contributed by atoms with Gasteiger partial charge in [-0.2, -0.15) is 0 Å². The van der Waals surface area contributed by atoms with Crippen molar-refractivity contribution in [2.75, 3.05) is 12.4 Å². The zero-order chi connectivity index (χ0) is 17.2. The second kappa shape index (κ2) is 6.16. The molecule has 124 valence electrons.